The molecule has 7 heteroatoms. The maximum atomic E-state index is 13.2. The third kappa shape index (κ3) is 2.05. The molecule has 0 aromatic heterocycles. The SMILES string of the molecule is O=C(O)C1C2CC(F)(F)CC1CS(=O)(=O)C2. The summed E-state index contributed by atoms with van der Waals surface area (Å²) in [6.07, 6.45) is -1.25. The second-order valence-corrected chi connectivity index (χ2v) is 6.88. The third-order valence-electron chi connectivity index (χ3n) is 3.36. The molecule has 2 unspecified atom stereocenters. The minimum Gasteiger partial charge on any atom is -0.481 e. The van der Waals surface area contributed by atoms with Crippen molar-refractivity contribution >= 4 is 15.8 Å². The smallest absolute Gasteiger partial charge is 0.307 e. The first-order valence-electron chi connectivity index (χ1n) is 5.01. The Morgan fingerprint density at radius 1 is 1.19 bits per heavy atom. The molecule has 1 saturated carbocycles. The molecule has 1 N–H and O–H groups in total. The van der Waals surface area contributed by atoms with E-state index in [9.17, 15) is 22.0 Å². The van der Waals surface area contributed by atoms with Gasteiger partial charge in [0.25, 0.3) is 0 Å². The average molecular weight is 254 g/mol. The molecule has 0 radical (unpaired) electrons. The maximum absolute atomic E-state index is 13.2. The van der Waals surface area contributed by atoms with Crippen molar-refractivity contribution in [2.75, 3.05) is 11.5 Å². The molecule has 2 atom stereocenters. The Kier molecular flexibility index (Phi) is 2.49. The molecule has 92 valence electrons. The number of aliphatic carboxylic acids is 1. The van der Waals surface area contributed by atoms with Gasteiger partial charge in [0.05, 0.1) is 17.4 Å². The first-order chi connectivity index (χ1) is 7.20. The van der Waals surface area contributed by atoms with Crippen LogP contribution in [0, 0.1) is 17.8 Å². The summed E-state index contributed by atoms with van der Waals surface area (Å²) in [5.74, 6) is -7.72. The molecule has 4 nitrogen and oxygen atoms in total. The van der Waals surface area contributed by atoms with Crippen LogP contribution in [0.4, 0.5) is 8.78 Å². The van der Waals surface area contributed by atoms with Crippen LogP contribution in [-0.2, 0) is 14.6 Å². The molecule has 0 aromatic carbocycles. The van der Waals surface area contributed by atoms with Crippen molar-refractivity contribution in [3.63, 3.8) is 0 Å². The van der Waals surface area contributed by atoms with E-state index >= 15 is 0 Å². The normalized spacial score (nSPS) is 40.2. The molecule has 16 heavy (non-hydrogen) atoms. The van der Waals surface area contributed by atoms with Crippen LogP contribution in [0.15, 0.2) is 0 Å². The quantitative estimate of drug-likeness (QED) is 0.750. The zero-order chi connectivity index (χ0) is 12.1. The molecule has 2 fully saturated rings. The number of fused-ring (bicyclic) bond motifs is 2. The Morgan fingerprint density at radius 3 is 2.00 bits per heavy atom. The van der Waals surface area contributed by atoms with Crippen LogP contribution in [0.3, 0.4) is 0 Å². The predicted molar refractivity (Wildman–Crippen MR) is 50.9 cm³/mol. The number of carboxylic acid groups (broad SMARTS) is 1. The number of carbonyl (C=O) groups is 1. The molecule has 2 rings (SSSR count). The van der Waals surface area contributed by atoms with Crippen molar-refractivity contribution in [3.8, 4) is 0 Å². The van der Waals surface area contributed by atoms with Gasteiger partial charge >= 0.3 is 5.97 Å². The second-order valence-electron chi connectivity index (χ2n) is 4.73. The van der Waals surface area contributed by atoms with E-state index in [4.69, 9.17) is 5.11 Å². The molecule has 1 aliphatic carbocycles. The number of hydrogen-bond acceptors (Lipinski definition) is 3. The third-order valence-corrected chi connectivity index (χ3v) is 5.23. The highest BCUT2D eigenvalue weighted by Crippen LogP contribution is 2.47. The topological polar surface area (TPSA) is 71.4 Å². The van der Waals surface area contributed by atoms with Crippen LogP contribution in [0.25, 0.3) is 0 Å². The van der Waals surface area contributed by atoms with E-state index in [-0.39, 0.29) is 0 Å². The Hall–Kier alpha value is -0.720. The summed E-state index contributed by atoms with van der Waals surface area (Å²) in [5, 5.41) is 8.94. The van der Waals surface area contributed by atoms with Gasteiger partial charge in [0.1, 0.15) is 0 Å². The van der Waals surface area contributed by atoms with Crippen molar-refractivity contribution in [3.05, 3.63) is 0 Å². The van der Waals surface area contributed by atoms with Crippen LogP contribution in [0.5, 0.6) is 0 Å². The van der Waals surface area contributed by atoms with Gasteiger partial charge in [0, 0.05) is 12.8 Å². The fourth-order valence-electron chi connectivity index (χ4n) is 2.94. The van der Waals surface area contributed by atoms with Gasteiger partial charge in [0.15, 0.2) is 9.84 Å². The van der Waals surface area contributed by atoms with Crippen molar-refractivity contribution in [1.82, 2.24) is 0 Å². The van der Waals surface area contributed by atoms with E-state index in [1.54, 1.807) is 0 Å². The maximum Gasteiger partial charge on any atom is 0.307 e. The lowest BCUT2D eigenvalue weighted by atomic mass is 9.71. The van der Waals surface area contributed by atoms with E-state index in [0.717, 1.165) is 0 Å². The Bertz CT molecular complexity index is 393. The lowest BCUT2D eigenvalue weighted by Crippen LogP contribution is -2.51. The first-order valence-corrected chi connectivity index (χ1v) is 6.83. The number of sulfone groups is 1. The number of rotatable bonds is 1. The minimum atomic E-state index is -3.36. The van der Waals surface area contributed by atoms with E-state index in [2.05, 4.69) is 0 Å². The molecule has 0 spiro atoms. The average Bonchev–Trinajstić information content (AvgIpc) is 1.94. The zero-order valence-electron chi connectivity index (χ0n) is 8.40. The standard InChI is InChI=1S/C9H12F2O4S/c10-9(11)1-5-3-16(14,15)4-6(2-9)7(5)8(12)13/h5-7H,1-4H2,(H,12,13). The molecule has 2 aliphatic rings. The van der Waals surface area contributed by atoms with Crippen LogP contribution in [-0.4, -0.2) is 36.9 Å². The zero-order valence-corrected chi connectivity index (χ0v) is 9.21. The minimum absolute atomic E-state index is 0.421. The summed E-state index contributed by atoms with van der Waals surface area (Å²) in [6.45, 7) is 0. The van der Waals surface area contributed by atoms with Gasteiger partial charge < -0.3 is 5.11 Å². The fourth-order valence-corrected chi connectivity index (χ4v) is 5.03. The summed E-state index contributed by atoms with van der Waals surface area (Å²) in [5.41, 5.74) is 0. The van der Waals surface area contributed by atoms with Gasteiger partial charge in [-0.15, -0.1) is 0 Å². The number of carboxylic acids is 1. The lowest BCUT2D eigenvalue weighted by molar-refractivity contribution is -0.155. The highest BCUT2D eigenvalue weighted by molar-refractivity contribution is 7.91. The first kappa shape index (κ1) is 11.8. The number of halogens is 2. The largest absolute Gasteiger partial charge is 0.481 e. The molecule has 0 aromatic rings. The number of alkyl halides is 2. The summed E-state index contributed by atoms with van der Waals surface area (Å²) >= 11 is 0. The van der Waals surface area contributed by atoms with Gasteiger partial charge in [-0.2, -0.15) is 0 Å². The van der Waals surface area contributed by atoms with Crippen LogP contribution in [0.2, 0.25) is 0 Å². The predicted octanol–water partition coefficient (Wildman–Crippen LogP) is 0.777. The molecular formula is C9H12F2O4S. The molecule has 1 heterocycles. The van der Waals surface area contributed by atoms with E-state index in [0.29, 0.717) is 0 Å². The highest BCUT2D eigenvalue weighted by Gasteiger charge is 2.54. The lowest BCUT2D eigenvalue weighted by Gasteiger charge is -2.42. The summed E-state index contributed by atoms with van der Waals surface area (Å²) < 4.78 is 49.3. The Balaban J connectivity index is 2.33. The molecule has 1 aliphatic heterocycles. The van der Waals surface area contributed by atoms with Crippen molar-refractivity contribution in [2.45, 2.75) is 18.8 Å². The monoisotopic (exact) mass is 254 g/mol. The van der Waals surface area contributed by atoms with Crippen molar-refractivity contribution in [2.24, 2.45) is 17.8 Å². The fraction of sp³-hybridized carbons (Fsp3) is 0.889. The number of hydrogen-bond donors (Lipinski definition) is 1. The molecule has 2 bridgehead atoms. The van der Waals surface area contributed by atoms with E-state index in [1.807, 2.05) is 0 Å². The van der Waals surface area contributed by atoms with Crippen LogP contribution in [0.1, 0.15) is 12.8 Å². The Morgan fingerprint density at radius 2 is 1.62 bits per heavy atom. The van der Waals surface area contributed by atoms with E-state index < -0.39 is 63.8 Å². The Labute approximate surface area is 91.6 Å². The van der Waals surface area contributed by atoms with Gasteiger partial charge in [0.2, 0.25) is 5.92 Å². The van der Waals surface area contributed by atoms with Gasteiger partial charge in [-0.1, -0.05) is 0 Å². The molecular weight excluding hydrogens is 242 g/mol. The van der Waals surface area contributed by atoms with Crippen LogP contribution >= 0.6 is 0 Å². The van der Waals surface area contributed by atoms with Crippen LogP contribution < -0.4 is 0 Å². The van der Waals surface area contributed by atoms with E-state index in [1.165, 1.54) is 0 Å². The van der Waals surface area contributed by atoms with Gasteiger partial charge in [-0.25, -0.2) is 17.2 Å². The summed E-state index contributed by atoms with van der Waals surface area (Å²) in [4.78, 5) is 11.0. The molecule has 1 saturated heterocycles. The summed E-state index contributed by atoms with van der Waals surface area (Å²) in [7, 11) is -3.36. The second kappa shape index (κ2) is 3.38. The summed E-state index contributed by atoms with van der Waals surface area (Å²) in [6, 6.07) is 0. The van der Waals surface area contributed by atoms with Gasteiger partial charge in [-0.05, 0) is 11.8 Å². The van der Waals surface area contributed by atoms with Crippen molar-refractivity contribution in [1.29, 1.82) is 0 Å². The van der Waals surface area contributed by atoms with Crippen molar-refractivity contribution < 1.29 is 27.1 Å². The van der Waals surface area contributed by atoms with Gasteiger partial charge in [-0.3, -0.25) is 4.79 Å². The highest BCUT2D eigenvalue weighted by atomic mass is 32.2. The molecule has 0 amide bonds.